The molecule has 1 aliphatic heterocycles. The van der Waals surface area contributed by atoms with Crippen molar-refractivity contribution in [3.05, 3.63) is 0 Å². The summed E-state index contributed by atoms with van der Waals surface area (Å²) in [5, 5.41) is 2.86. The first-order valence-corrected chi connectivity index (χ1v) is 7.98. The summed E-state index contributed by atoms with van der Waals surface area (Å²) >= 11 is 0. The largest absolute Gasteiger partial charge is 0.343 e. The molecule has 0 aromatic heterocycles. The standard InChI is InChI=1S/C16H28N2O2/c1-10(2)7-14-16(20)18(9-15(19)17-14)13-6-5-11(3)12(4)8-13/h10-14H,5-9H2,1-4H3,(H,17,19). The summed E-state index contributed by atoms with van der Waals surface area (Å²) in [6.07, 6.45) is 3.97. The van der Waals surface area contributed by atoms with Crippen LogP contribution in [0.25, 0.3) is 0 Å². The molecule has 4 heteroatoms. The number of nitrogens with one attached hydrogen (secondary N) is 1. The molecular weight excluding hydrogens is 252 g/mol. The van der Waals surface area contributed by atoms with Crippen molar-refractivity contribution in [2.75, 3.05) is 6.54 Å². The van der Waals surface area contributed by atoms with Crippen molar-refractivity contribution in [3.8, 4) is 0 Å². The van der Waals surface area contributed by atoms with E-state index in [0.717, 1.165) is 31.6 Å². The summed E-state index contributed by atoms with van der Waals surface area (Å²) in [6, 6.07) is -0.0553. The third-order valence-corrected chi connectivity index (χ3v) is 4.95. The van der Waals surface area contributed by atoms with Gasteiger partial charge in [0.25, 0.3) is 0 Å². The van der Waals surface area contributed by atoms with E-state index in [-0.39, 0.29) is 30.4 Å². The lowest BCUT2D eigenvalue weighted by molar-refractivity contribution is -0.148. The molecule has 4 nitrogen and oxygen atoms in total. The van der Waals surface area contributed by atoms with Gasteiger partial charge < -0.3 is 10.2 Å². The topological polar surface area (TPSA) is 49.4 Å². The molecule has 114 valence electrons. The molecule has 0 aromatic rings. The second-order valence-corrected chi connectivity index (χ2v) is 7.14. The van der Waals surface area contributed by atoms with Crippen LogP contribution in [0.15, 0.2) is 0 Å². The summed E-state index contributed by atoms with van der Waals surface area (Å²) in [7, 11) is 0. The highest BCUT2D eigenvalue weighted by molar-refractivity contribution is 5.95. The zero-order valence-electron chi connectivity index (χ0n) is 13.2. The monoisotopic (exact) mass is 280 g/mol. The fourth-order valence-electron chi connectivity index (χ4n) is 3.48. The fraction of sp³-hybridized carbons (Fsp3) is 0.875. The Balaban J connectivity index is 2.06. The van der Waals surface area contributed by atoms with E-state index >= 15 is 0 Å². The van der Waals surface area contributed by atoms with Crippen molar-refractivity contribution in [2.45, 2.75) is 65.5 Å². The minimum Gasteiger partial charge on any atom is -0.343 e. The molecule has 1 saturated heterocycles. The van der Waals surface area contributed by atoms with Gasteiger partial charge in [-0.05, 0) is 43.4 Å². The van der Waals surface area contributed by atoms with Gasteiger partial charge in [-0.2, -0.15) is 0 Å². The van der Waals surface area contributed by atoms with Crippen LogP contribution in [0.3, 0.4) is 0 Å². The Labute approximate surface area is 122 Å². The molecule has 1 N–H and O–H groups in total. The first-order chi connectivity index (χ1) is 9.38. The molecule has 2 rings (SSSR count). The molecule has 20 heavy (non-hydrogen) atoms. The second kappa shape index (κ2) is 6.15. The second-order valence-electron chi connectivity index (χ2n) is 7.14. The molecular formula is C16H28N2O2. The molecule has 4 unspecified atom stereocenters. The van der Waals surface area contributed by atoms with Gasteiger partial charge in [0.05, 0.1) is 6.54 Å². The van der Waals surface area contributed by atoms with Crippen molar-refractivity contribution in [1.82, 2.24) is 10.2 Å². The lowest BCUT2D eigenvalue weighted by atomic mass is 9.78. The maximum Gasteiger partial charge on any atom is 0.245 e. The van der Waals surface area contributed by atoms with Crippen molar-refractivity contribution in [1.29, 1.82) is 0 Å². The molecule has 1 aliphatic carbocycles. The molecule has 2 aliphatic rings. The zero-order chi connectivity index (χ0) is 14.9. The molecule has 0 radical (unpaired) electrons. The highest BCUT2D eigenvalue weighted by atomic mass is 16.2. The number of amides is 2. The predicted octanol–water partition coefficient (Wildman–Crippen LogP) is 2.18. The molecule has 4 atom stereocenters. The van der Waals surface area contributed by atoms with Gasteiger partial charge in [-0.3, -0.25) is 9.59 Å². The third kappa shape index (κ3) is 3.33. The fourth-order valence-corrected chi connectivity index (χ4v) is 3.48. The van der Waals surface area contributed by atoms with Gasteiger partial charge in [-0.1, -0.05) is 27.7 Å². The Morgan fingerprint density at radius 2 is 1.90 bits per heavy atom. The van der Waals surface area contributed by atoms with Gasteiger partial charge in [0.2, 0.25) is 11.8 Å². The summed E-state index contributed by atoms with van der Waals surface area (Å²) < 4.78 is 0. The summed E-state index contributed by atoms with van der Waals surface area (Å²) in [5.74, 6) is 1.91. The van der Waals surface area contributed by atoms with Crippen LogP contribution in [0.4, 0.5) is 0 Å². The number of carbonyl (C=O) groups is 2. The highest BCUT2D eigenvalue weighted by Crippen LogP contribution is 2.33. The normalized spacial score (nSPS) is 35.4. The van der Waals surface area contributed by atoms with Gasteiger partial charge in [0.15, 0.2) is 0 Å². The van der Waals surface area contributed by atoms with Crippen molar-refractivity contribution >= 4 is 11.8 Å². The van der Waals surface area contributed by atoms with Gasteiger partial charge >= 0.3 is 0 Å². The van der Waals surface area contributed by atoms with Gasteiger partial charge in [0.1, 0.15) is 6.04 Å². The Kier molecular flexibility index (Phi) is 4.71. The average Bonchev–Trinajstić information content (AvgIpc) is 2.36. The smallest absolute Gasteiger partial charge is 0.245 e. The van der Waals surface area contributed by atoms with E-state index in [1.165, 1.54) is 0 Å². The zero-order valence-corrected chi connectivity index (χ0v) is 13.2. The lowest BCUT2D eigenvalue weighted by Crippen LogP contribution is -2.61. The van der Waals surface area contributed by atoms with Crippen molar-refractivity contribution in [2.24, 2.45) is 17.8 Å². The van der Waals surface area contributed by atoms with Gasteiger partial charge in [0, 0.05) is 6.04 Å². The van der Waals surface area contributed by atoms with Crippen LogP contribution >= 0.6 is 0 Å². The summed E-state index contributed by atoms with van der Waals surface area (Å²) in [5.41, 5.74) is 0. The van der Waals surface area contributed by atoms with Crippen LogP contribution in [-0.2, 0) is 9.59 Å². The molecule has 0 spiro atoms. The van der Waals surface area contributed by atoms with Crippen LogP contribution in [0, 0.1) is 17.8 Å². The van der Waals surface area contributed by atoms with Gasteiger partial charge in [-0.15, -0.1) is 0 Å². The Morgan fingerprint density at radius 1 is 1.20 bits per heavy atom. The molecule has 0 aromatic carbocycles. The first kappa shape index (κ1) is 15.3. The van der Waals surface area contributed by atoms with E-state index in [0.29, 0.717) is 11.8 Å². The molecule has 1 heterocycles. The van der Waals surface area contributed by atoms with Gasteiger partial charge in [-0.25, -0.2) is 0 Å². The summed E-state index contributed by atoms with van der Waals surface area (Å²) in [6.45, 7) is 8.97. The van der Waals surface area contributed by atoms with E-state index in [1.54, 1.807) is 0 Å². The minimum atomic E-state index is -0.314. The lowest BCUT2D eigenvalue weighted by Gasteiger charge is -2.42. The number of rotatable bonds is 3. The van der Waals surface area contributed by atoms with Crippen LogP contribution in [0.1, 0.15) is 53.4 Å². The molecule has 2 fully saturated rings. The third-order valence-electron chi connectivity index (χ3n) is 4.95. The number of hydrogen-bond donors (Lipinski definition) is 1. The molecule has 2 amide bonds. The number of hydrogen-bond acceptors (Lipinski definition) is 2. The van der Waals surface area contributed by atoms with E-state index in [2.05, 4.69) is 33.0 Å². The van der Waals surface area contributed by atoms with Crippen LogP contribution in [0.2, 0.25) is 0 Å². The Bertz CT molecular complexity index is 381. The minimum absolute atomic E-state index is 0.00141. The molecule has 1 saturated carbocycles. The van der Waals surface area contributed by atoms with E-state index in [1.807, 2.05) is 4.90 Å². The Hall–Kier alpha value is -1.06. The number of nitrogens with zero attached hydrogens (tertiary/aromatic N) is 1. The van der Waals surface area contributed by atoms with Crippen LogP contribution in [0.5, 0.6) is 0 Å². The van der Waals surface area contributed by atoms with E-state index in [4.69, 9.17) is 0 Å². The Morgan fingerprint density at radius 3 is 2.50 bits per heavy atom. The first-order valence-electron chi connectivity index (χ1n) is 7.98. The van der Waals surface area contributed by atoms with E-state index in [9.17, 15) is 9.59 Å². The summed E-state index contributed by atoms with van der Waals surface area (Å²) in [4.78, 5) is 26.4. The van der Waals surface area contributed by atoms with Crippen LogP contribution in [-0.4, -0.2) is 35.3 Å². The van der Waals surface area contributed by atoms with Crippen molar-refractivity contribution < 1.29 is 9.59 Å². The maximum absolute atomic E-state index is 12.6. The predicted molar refractivity (Wildman–Crippen MR) is 79.1 cm³/mol. The maximum atomic E-state index is 12.6. The highest BCUT2D eigenvalue weighted by Gasteiger charge is 2.38. The quantitative estimate of drug-likeness (QED) is 0.861. The number of carbonyl (C=O) groups excluding carboxylic acids is 2. The van der Waals surface area contributed by atoms with E-state index < -0.39 is 0 Å². The van der Waals surface area contributed by atoms with Crippen molar-refractivity contribution in [3.63, 3.8) is 0 Å². The number of piperazine rings is 1. The van der Waals surface area contributed by atoms with Crippen LogP contribution < -0.4 is 5.32 Å². The average molecular weight is 280 g/mol. The SMILES string of the molecule is CC(C)CC1NC(=O)CN(C2CCC(C)C(C)C2)C1=O. The molecule has 0 bridgehead atoms.